The number of carbonyl (C=O) groups is 1. The van der Waals surface area contributed by atoms with Crippen LogP contribution in [0.25, 0.3) is 11.1 Å². The van der Waals surface area contributed by atoms with Crippen LogP contribution in [0.4, 0.5) is 4.39 Å². The molecule has 5 rings (SSSR count). The van der Waals surface area contributed by atoms with Gasteiger partial charge in [0.1, 0.15) is 12.4 Å². The molecule has 1 aromatic heterocycles. The van der Waals surface area contributed by atoms with Gasteiger partial charge in [0, 0.05) is 25.6 Å². The molecule has 6 nitrogen and oxygen atoms in total. The number of para-hydroxylation sites is 2. The van der Waals surface area contributed by atoms with Crippen LogP contribution < -0.4 is 11.1 Å². The summed E-state index contributed by atoms with van der Waals surface area (Å²) in [5.41, 5.74) is 1.86. The van der Waals surface area contributed by atoms with Crippen LogP contribution in [0.1, 0.15) is 11.6 Å². The van der Waals surface area contributed by atoms with Gasteiger partial charge in [-0.15, -0.1) is 12.4 Å². The summed E-state index contributed by atoms with van der Waals surface area (Å²) in [6.07, 6.45) is 0. The molecule has 0 spiro atoms. The Morgan fingerprint density at radius 2 is 2.00 bits per heavy atom. The maximum Gasteiger partial charge on any atom is 0.420 e. The van der Waals surface area contributed by atoms with Crippen LogP contribution in [0.3, 0.4) is 0 Å². The summed E-state index contributed by atoms with van der Waals surface area (Å²) in [5, 5.41) is 3.38. The summed E-state index contributed by atoms with van der Waals surface area (Å²) < 4.78 is 20.5. The molecule has 1 N–H and O–H groups in total. The molecule has 2 aromatic carbocycles. The molecule has 2 fully saturated rings. The number of amides is 1. The van der Waals surface area contributed by atoms with Crippen LogP contribution in [0, 0.1) is 17.7 Å². The molecule has 3 heterocycles. The Labute approximate surface area is 172 Å². The maximum absolute atomic E-state index is 13.8. The first-order valence-electron chi connectivity index (χ1n) is 9.46. The highest BCUT2D eigenvalue weighted by Crippen LogP contribution is 2.42. The van der Waals surface area contributed by atoms with E-state index in [4.69, 9.17) is 4.42 Å². The van der Waals surface area contributed by atoms with Crippen molar-refractivity contribution in [2.75, 3.05) is 19.6 Å². The second kappa shape index (κ2) is 7.65. The average molecular weight is 418 g/mol. The van der Waals surface area contributed by atoms with Gasteiger partial charge in [-0.3, -0.25) is 9.36 Å². The van der Waals surface area contributed by atoms with Crippen molar-refractivity contribution in [1.29, 1.82) is 0 Å². The minimum absolute atomic E-state index is 0. The second-order valence-corrected chi connectivity index (χ2v) is 7.55. The predicted molar refractivity (Wildman–Crippen MR) is 108 cm³/mol. The van der Waals surface area contributed by atoms with Gasteiger partial charge in [0.25, 0.3) is 0 Å². The highest BCUT2D eigenvalue weighted by Gasteiger charge is 2.46. The monoisotopic (exact) mass is 417 g/mol. The predicted octanol–water partition coefficient (Wildman–Crippen LogP) is 2.57. The third kappa shape index (κ3) is 3.34. The van der Waals surface area contributed by atoms with Gasteiger partial charge in [0.2, 0.25) is 5.91 Å². The van der Waals surface area contributed by atoms with Crippen LogP contribution in [-0.4, -0.2) is 35.0 Å². The molecule has 0 saturated carbocycles. The number of benzene rings is 2. The van der Waals surface area contributed by atoms with Crippen molar-refractivity contribution in [3.8, 4) is 0 Å². The van der Waals surface area contributed by atoms with Gasteiger partial charge in [-0.05, 0) is 35.7 Å². The standard InChI is InChI=1S/C21H20FN3O3.ClH/c22-15-5-3-4-13(8-15)20-16-10-23-9-14(16)11-25(20)19(26)12-24-17-6-1-2-7-18(17)28-21(24)27;/h1-8,14,16,20,23H,9-12H2;1H/t14-,16-,20+;/m0./s1. The zero-order valence-corrected chi connectivity index (χ0v) is 16.4. The van der Waals surface area contributed by atoms with Crippen LogP contribution in [0.5, 0.6) is 0 Å². The number of carbonyl (C=O) groups excluding carboxylic acids is 1. The van der Waals surface area contributed by atoms with Crippen molar-refractivity contribution < 1.29 is 13.6 Å². The molecule has 3 aromatic rings. The Kier molecular flexibility index (Phi) is 5.19. The molecule has 3 atom stereocenters. The van der Waals surface area contributed by atoms with E-state index in [1.165, 1.54) is 16.7 Å². The van der Waals surface area contributed by atoms with Crippen molar-refractivity contribution >= 4 is 29.4 Å². The minimum Gasteiger partial charge on any atom is -0.408 e. The lowest BCUT2D eigenvalue weighted by Crippen LogP contribution is -2.38. The Morgan fingerprint density at radius 1 is 1.17 bits per heavy atom. The topological polar surface area (TPSA) is 67.5 Å². The van der Waals surface area contributed by atoms with Gasteiger partial charge in [0.05, 0.1) is 11.6 Å². The molecule has 152 valence electrons. The van der Waals surface area contributed by atoms with E-state index in [0.717, 1.165) is 18.7 Å². The number of likely N-dealkylation sites (tertiary alicyclic amines) is 1. The molecule has 0 bridgehead atoms. The Bertz CT molecular complexity index is 1110. The van der Waals surface area contributed by atoms with Crippen molar-refractivity contribution in [2.45, 2.75) is 12.6 Å². The molecule has 2 saturated heterocycles. The molecule has 0 unspecified atom stereocenters. The van der Waals surface area contributed by atoms with Gasteiger partial charge in [-0.2, -0.15) is 0 Å². The van der Waals surface area contributed by atoms with Crippen molar-refractivity contribution in [2.24, 2.45) is 11.8 Å². The van der Waals surface area contributed by atoms with Gasteiger partial charge >= 0.3 is 5.76 Å². The van der Waals surface area contributed by atoms with Crippen molar-refractivity contribution in [3.05, 3.63) is 70.5 Å². The fourth-order valence-electron chi connectivity index (χ4n) is 4.68. The number of aromatic nitrogens is 1. The SMILES string of the molecule is Cl.O=C(Cn1c(=O)oc2ccccc21)N1C[C@@H]2CNC[C@@H]2[C@H]1c1cccc(F)c1. The smallest absolute Gasteiger partial charge is 0.408 e. The van der Waals surface area contributed by atoms with E-state index in [-0.39, 0.29) is 42.6 Å². The zero-order chi connectivity index (χ0) is 19.3. The fourth-order valence-corrected chi connectivity index (χ4v) is 4.68. The number of nitrogens with zero attached hydrogens (tertiary/aromatic N) is 2. The van der Waals surface area contributed by atoms with Gasteiger partial charge in [0.15, 0.2) is 5.58 Å². The summed E-state index contributed by atoms with van der Waals surface area (Å²) in [5.74, 6) is -0.440. The Morgan fingerprint density at radius 3 is 2.83 bits per heavy atom. The fraction of sp³-hybridized carbons (Fsp3) is 0.333. The highest BCUT2D eigenvalue weighted by atomic mass is 35.5. The normalized spacial score (nSPS) is 23.2. The molecule has 29 heavy (non-hydrogen) atoms. The van der Waals surface area contributed by atoms with Gasteiger partial charge < -0.3 is 14.6 Å². The Balaban J connectivity index is 0.00000205. The average Bonchev–Trinajstić information content (AvgIpc) is 3.35. The zero-order valence-electron chi connectivity index (χ0n) is 15.6. The number of halogens is 2. The summed E-state index contributed by atoms with van der Waals surface area (Å²) in [4.78, 5) is 27.3. The van der Waals surface area contributed by atoms with Crippen LogP contribution >= 0.6 is 12.4 Å². The van der Waals surface area contributed by atoms with E-state index in [1.807, 2.05) is 6.07 Å². The molecule has 2 aliphatic heterocycles. The molecule has 1 amide bonds. The van der Waals surface area contributed by atoms with Crippen LogP contribution in [0.15, 0.2) is 57.7 Å². The lowest BCUT2D eigenvalue weighted by Gasteiger charge is -2.28. The third-order valence-corrected chi connectivity index (χ3v) is 5.94. The maximum atomic E-state index is 13.8. The quantitative estimate of drug-likeness (QED) is 0.711. The molecular weight excluding hydrogens is 397 g/mol. The van der Waals surface area contributed by atoms with Crippen LogP contribution in [0.2, 0.25) is 0 Å². The van der Waals surface area contributed by atoms with Crippen molar-refractivity contribution in [1.82, 2.24) is 14.8 Å². The van der Waals surface area contributed by atoms with E-state index < -0.39 is 5.76 Å². The van der Waals surface area contributed by atoms with E-state index >= 15 is 0 Å². The van der Waals surface area contributed by atoms with Gasteiger partial charge in [-0.25, -0.2) is 9.18 Å². The second-order valence-electron chi connectivity index (χ2n) is 7.55. The number of hydrogen-bond acceptors (Lipinski definition) is 4. The molecule has 2 aliphatic rings. The summed E-state index contributed by atoms with van der Waals surface area (Å²) >= 11 is 0. The summed E-state index contributed by atoms with van der Waals surface area (Å²) in [6.45, 7) is 2.15. The number of nitrogens with one attached hydrogen (secondary N) is 1. The first kappa shape index (κ1) is 19.7. The van der Waals surface area contributed by atoms with E-state index in [1.54, 1.807) is 35.2 Å². The van der Waals surface area contributed by atoms with Crippen molar-refractivity contribution in [3.63, 3.8) is 0 Å². The number of fused-ring (bicyclic) bond motifs is 2. The molecule has 0 radical (unpaired) electrons. The number of oxazole rings is 1. The first-order chi connectivity index (χ1) is 13.6. The van der Waals surface area contributed by atoms with Gasteiger partial charge in [-0.1, -0.05) is 24.3 Å². The number of rotatable bonds is 3. The summed E-state index contributed by atoms with van der Waals surface area (Å²) in [6, 6.07) is 13.3. The van der Waals surface area contributed by atoms with Crippen LogP contribution in [-0.2, 0) is 11.3 Å². The molecular formula is C21H21ClFN3O3. The minimum atomic E-state index is -0.544. The Hall–Kier alpha value is -2.64. The van der Waals surface area contributed by atoms with E-state index in [0.29, 0.717) is 23.6 Å². The highest BCUT2D eigenvalue weighted by molar-refractivity contribution is 5.85. The number of hydrogen-bond donors (Lipinski definition) is 1. The largest absolute Gasteiger partial charge is 0.420 e. The first-order valence-corrected chi connectivity index (χ1v) is 9.46. The summed E-state index contributed by atoms with van der Waals surface area (Å²) in [7, 11) is 0. The van der Waals surface area contributed by atoms with E-state index in [2.05, 4.69) is 5.32 Å². The molecule has 8 heteroatoms. The third-order valence-electron chi connectivity index (χ3n) is 5.94. The lowest BCUT2D eigenvalue weighted by molar-refractivity contribution is -0.133. The molecule has 0 aliphatic carbocycles. The lowest BCUT2D eigenvalue weighted by atomic mass is 9.89. The van der Waals surface area contributed by atoms with E-state index in [9.17, 15) is 14.0 Å².